The Balaban J connectivity index is 2.41. The molecule has 286 valence electrons. The molecule has 0 spiro atoms. The molecule has 0 heterocycles. The molecule has 0 aliphatic heterocycles. The number of carboxylic acids is 1. The molecule has 0 aliphatic carbocycles. The molecule has 0 aliphatic rings. The smallest absolute Gasteiger partial charge is 0.460 e. The van der Waals surface area contributed by atoms with Gasteiger partial charge in [-0.15, -0.1) is 0 Å². The van der Waals surface area contributed by atoms with E-state index in [4.69, 9.17) is 9.47 Å². The van der Waals surface area contributed by atoms with Crippen molar-refractivity contribution in [3.8, 4) is 5.75 Å². The average Bonchev–Trinajstić information content (AvgIpc) is 3.00. The topological polar surface area (TPSA) is 131 Å². The van der Waals surface area contributed by atoms with Crippen LogP contribution in [0.2, 0.25) is 0 Å². The molecule has 0 radical (unpaired) electrons. The van der Waals surface area contributed by atoms with Gasteiger partial charge < -0.3 is 24.8 Å². The molecule has 0 fully saturated rings. The van der Waals surface area contributed by atoms with Crippen LogP contribution < -0.4 is 10.1 Å². The quantitative estimate of drug-likeness (QED) is 0.0965. The molecule has 0 saturated heterocycles. The highest BCUT2D eigenvalue weighted by molar-refractivity contribution is 5.90. The zero-order valence-corrected chi connectivity index (χ0v) is 25.9. The standard InChI is InChI=1S/C28H26F13N3O7/c1-3-50-20(21(45)46)12-16-5-8-18(9-6-16)51-11-10-43(22(47)42-17-7-4-15(2)19(13-17)44(48)49)14-23(29,30)24(31,32)25(33,34)26(35,36)27(37,38)28(39,40)41/h4-9,13,20H,3,10-12,14H2,1-2H3,(H,42,47)(H,45,46). The van der Waals surface area contributed by atoms with E-state index in [-0.39, 0.29) is 24.3 Å². The van der Waals surface area contributed by atoms with Crippen molar-refractivity contribution in [2.45, 2.75) is 62.2 Å². The number of amides is 2. The summed E-state index contributed by atoms with van der Waals surface area (Å²) in [6, 6.07) is 5.57. The summed E-state index contributed by atoms with van der Waals surface area (Å²) in [6.07, 6.45) is -9.00. The number of nitro benzene ring substituents is 1. The predicted octanol–water partition coefficient (Wildman–Crippen LogP) is 7.59. The number of anilines is 1. The Morgan fingerprint density at radius 2 is 1.43 bits per heavy atom. The molecule has 1 atom stereocenters. The van der Waals surface area contributed by atoms with Gasteiger partial charge in [-0.2, -0.15) is 57.1 Å². The van der Waals surface area contributed by atoms with Crippen LogP contribution in [0.25, 0.3) is 0 Å². The predicted molar refractivity (Wildman–Crippen MR) is 148 cm³/mol. The van der Waals surface area contributed by atoms with E-state index in [1.54, 1.807) is 5.32 Å². The number of carbonyl (C=O) groups excluding carboxylic acids is 1. The number of nitro groups is 1. The Bertz CT molecular complexity index is 1560. The van der Waals surface area contributed by atoms with Gasteiger partial charge in [0.2, 0.25) is 0 Å². The molecule has 10 nitrogen and oxygen atoms in total. The number of carbonyl (C=O) groups is 2. The van der Waals surface area contributed by atoms with E-state index >= 15 is 0 Å². The second-order valence-corrected chi connectivity index (χ2v) is 10.6. The monoisotopic (exact) mass is 763 g/mol. The van der Waals surface area contributed by atoms with Crippen molar-refractivity contribution in [1.29, 1.82) is 0 Å². The maximum absolute atomic E-state index is 14.8. The molecule has 0 bridgehead atoms. The first-order chi connectivity index (χ1) is 23.1. The van der Waals surface area contributed by atoms with Crippen molar-refractivity contribution in [2.24, 2.45) is 0 Å². The zero-order chi connectivity index (χ0) is 39.4. The molecule has 0 saturated carbocycles. The molecule has 0 aromatic heterocycles. The van der Waals surface area contributed by atoms with Crippen LogP contribution in [0.5, 0.6) is 5.75 Å². The Labute approximate surface area is 278 Å². The van der Waals surface area contributed by atoms with Crippen LogP contribution in [-0.2, 0) is 16.0 Å². The van der Waals surface area contributed by atoms with Gasteiger partial charge in [0.1, 0.15) is 12.4 Å². The van der Waals surface area contributed by atoms with Crippen LogP contribution in [0.3, 0.4) is 0 Å². The van der Waals surface area contributed by atoms with Crippen LogP contribution in [0, 0.1) is 17.0 Å². The first kappa shape index (κ1) is 42.6. The summed E-state index contributed by atoms with van der Waals surface area (Å²) < 4.78 is 188. The van der Waals surface area contributed by atoms with Crippen molar-refractivity contribution in [1.82, 2.24) is 4.90 Å². The summed E-state index contributed by atoms with van der Waals surface area (Å²) in [5.74, 6) is -40.0. The molecule has 23 heteroatoms. The van der Waals surface area contributed by atoms with Gasteiger partial charge in [-0.25, -0.2) is 9.59 Å². The number of halogens is 13. The third kappa shape index (κ3) is 9.03. The lowest BCUT2D eigenvalue weighted by atomic mass is 9.93. The first-order valence-electron chi connectivity index (χ1n) is 14.0. The summed E-state index contributed by atoms with van der Waals surface area (Å²) in [4.78, 5) is 33.9. The summed E-state index contributed by atoms with van der Waals surface area (Å²) in [7, 11) is 0. The van der Waals surface area contributed by atoms with Crippen molar-refractivity contribution < 1.29 is 86.2 Å². The Morgan fingerprint density at radius 1 is 0.882 bits per heavy atom. The van der Waals surface area contributed by atoms with E-state index in [2.05, 4.69) is 0 Å². The Hall–Kier alpha value is -4.57. The van der Waals surface area contributed by atoms with Crippen molar-refractivity contribution >= 4 is 23.4 Å². The first-order valence-corrected chi connectivity index (χ1v) is 14.0. The molecule has 1 unspecified atom stereocenters. The zero-order valence-electron chi connectivity index (χ0n) is 25.9. The average molecular weight is 764 g/mol. The van der Waals surface area contributed by atoms with Gasteiger partial charge in [-0.05, 0) is 37.6 Å². The summed E-state index contributed by atoms with van der Waals surface area (Å²) in [5, 5.41) is 22.1. The number of hydrogen-bond donors (Lipinski definition) is 2. The molecule has 2 aromatic rings. The van der Waals surface area contributed by atoms with Crippen LogP contribution in [0.4, 0.5) is 73.2 Å². The number of hydrogen-bond acceptors (Lipinski definition) is 6. The number of nitrogens with zero attached hydrogens (tertiary/aromatic N) is 2. The van der Waals surface area contributed by atoms with Crippen molar-refractivity contribution in [2.75, 3.05) is 31.6 Å². The maximum atomic E-state index is 14.8. The minimum Gasteiger partial charge on any atom is -0.492 e. The lowest BCUT2D eigenvalue weighted by molar-refractivity contribution is -0.439. The molecule has 51 heavy (non-hydrogen) atoms. The second kappa shape index (κ2) is 15.4. The van der Waals surface area contributed by atoms with Gasteiger partial charge in [0.15, 0.2) is 6.10 Å². The van der Waals surface area contributed by atoms with Crippen LogP contribution >= 0.6 is 0 Å². The lowest BCUT2D eigenvalue weighted by Gasteiger charge is -2.40. The number of benzene rings is 2. The molecular formula is C28H26F13N3O7. The fourth-order valence-corrected chi connectivity index (χ4v) is 4.11. The highest BCUT2D eigenvalue weighted by atomic mass is 19.4. The normalized spacial score (nSPS) is 13.8. The van der Waals surface area contributed by atoms with Crippen LogP contribution in [0.15, 0.2) is 42.5 Å². The van der Waals surface area contributed by atoms with Gasteiger partial charge in [-0.3, -0.25) is 10.1 Å². The number of urea groups is 1. The Morgan fingerprint density at radius 3 is 1.92 bits per heavy atom. The molecular weight excluding hydrogens is 737 g/mol. The van der Waals surface area contributed by atoms with Crippen LogP contribution in [-0.4, -0.2) is 95.1 Å². The highest BCUT2D eigenvalue weighted by Crippen LogP contribution is 2.60. The maximum Gasteiger partial charge on any atom is 0.460 e. The SMILES string of the molecule is CCOC(Cc1ccc(OCCN(CC(F)(F)C(F)(F)C(F)(F)C(F)(F)C(F)(F)C(F)(F)F)C(=O)Nc2ccc(C)c([N+](=O)[O-])c2)cc1)C(=O)O. The minimum atomic E-state index is -8.15. The van der Waals surface area contributed by atoms with Crippen LogP contribution in [0.1, 0.15) is 18.1 Å². The van der Waals surface area contributed by atoms with Crippen molar-refractivity contribution in [3.05, 3.63) is 63.7 Å². The van der Waals surface area contributed by atoms with E-state index in [1.165, 1.54) is 38.1 Å². The number of alkyl halides is 13. The number of rotatable bonds is 17. The fourth-order valence-electron chi connectivity index (χ4n) is 4.11. The van der Waals surface area contributed by atoms with E-state index in [0.29, 0.717) is 11.6 Å². The summed E-state index contributed by atoms with van der Waals surface area (Å²) in [5.41, 5.74) is -0.892. The summed E-state index contributed by atoms with van der Waals surface area (Å²) in [6.45, 7) is -2.53. The minimum absolute atomic E-state index is 0.00404. The van der Waals surface area contributed by atoms with E-state index in [0.717, 1.165) is 12.1 Å². The van der Waals surface area contributed by atoms with E-state index in [9.17, 15) is 81.9 Å². The lowest BCUT2D eigenvalue weighted by Crippen LogP contribution is -2.71. The van der Waals surface area contributed by atoms with E-state index < -0.39 is 94.8 Å². The van der Waals surface area contributed by atoms with E-state index in [1.807, 2.05) is 0 Å². The fraction of sp³-hybridized carbons (Fsp3) is 0.500. The van der Waals surface area contributed by atoms with Gasteiger partial charge in [0.25, 0.3) is 5.69 Å². The van der Waals surface area contributed by atoms with Gasteiger partial charge in [0.05, 0.1) is 18.0 Å². The third-order valence-corrected chi connectivity index (χ3v) is 6.95. The number of carboxylic acid groups (broad SMARTS) is 1. The van der Waals surface area contributed by atoms with Gasteiger partial charge >= 0.3 is 47.8 Å². The number of aryl methyl sites for hydroxylation is 1. The number of ether oxygens (including phenoxy) is 2. The second-order valence-electron chi connectivity index (χ2n) is 10.6. The highest BCUT2D eigenvalue weighted by Gasteiger charge is 2.90. The number of nitrogens with one attached hydrogen (secondary N) is 1. The Kier molecular flexibility index (Phi) is 12.8. The van der Waals surface area contributed by atoms with Gasteiger partial charge in [-0.1, -0.05) is 18.2 Å². The largest absolute Gasteiger partial charge is 0.492 e. The molecule has 2 rings (SSSR count). The van der Waals surface area contributed by atoms with Gasteiger partial charge in [0, 0.05) is 30.3 Å². The number of aliphatic carboxylic acids is 1. The van der Waals surface area contributed by atoms with Crippen molar-refractivity contribution in [3.63, 3.8) is 0 Å². The molecule has 2 amide bonds. The third-order valence-electron chi connectivity index (χ3n) is 6.95. The summed E-state index contributed by atoms with van der Waals surface area (Å²) >= 11 is 0. The molecule has 2 N–H and O–H groups in total. The molecule has 2 aromatic carbocycles.